The van der Waals surface area contributed by atoms with Crippen molar-refractivity contribution in [2.45, 2.75) is 38.6 Å². The van der Waals surface area contributed by atoms with Crippen molar-refractivity contribution in [2.24, 2.45) is 0 Å². The number of likely N-dealkylation sites (tertiary alicyclic amines) is 1. The van der Waals surface area contributed by atoms with Crippen LogP contribution in [0.15, 0.2) is 18.2 Å². The van der Waals surface area contributed by atoms with Gasteiger partial charge in [0.15, 0.2) is 0 Å². The number of urea groups is 1. The largest absolute Gasteiger partial charge is 0.481 e. The lowest BCUT2D eigenvalue weighted by Crippen LogP contribution is -2.46. The number of nitrogens with zero attached hydrogens (tertiary/aromatic N) is 1. The first-order valence-corrected chi connectivity index (χ1v) is 7.40. The molecule has 0 bridgehead atoms. The minimum absolute atomic E-state index is 0.0188. The molecule has 0 aromatic heterocycles. The first-order chi connectivity index (χ1) is 9.97. The summed E-state index contributed by atoms with van der Waals surface area (Å²) in [5.41, 5.74) is 1.56. The van der Waals surface area contributed by atoms with Crippen molar-refractivity contribution in [1.29, 1.82) is 0 Å². The van der Waals surface area contributed by atoms with Gasteiger partial charge in [0.05, 0.1) is 17.1 Å². The molecule has 1 aromatic carbocycles. The molecule has 21 heavy (non-hydrogen) atoms. The van der Waals surface area contributed by atoms with Gasteiger partial charge >= 0.3 is 12.0 Å². The number of carboxylic acids is 1. The molecule has 1 fully saturated rings. The Morgan fingerprint density at radius 1 is 1.43 bits per heavy atom. The summed E-state index contributed by atoms with van der Waals surface area (Å²) in [5, 5.41) is 12.2. The van der Waals surface area contributed by atoms with E-state index in [0.29, 0.717) is 17.3 Å². The molecule has 0 spiro atoms. The summed E-state index contributed by atoms with van der Waals surface area (Å²) in [5.74, 6) is -0.881. The lowest BCUT2D eigenvalue weighted by molar-refractivity contribution is -0.138. The lowest BCUT2D eigenvalue weighted by Gasteiger charge is -2.35. The molecule has 2 N–H and O–H groups in total. The molecule has 1 aromatic rings. The molecule has 1 heterocycles. The molecule has 2 rings (SSSR count). The van der Waals surface area contributed by atoms with Crippen molar-refractivity contribution in [3.05, 3.63) is 28.8 Å². The van der Waals surface area contributed by atoms with E-state index in [0.717, 1.165) is 24.8 Å². The fourth-order valence-electron chi connectivity index (χ4n) is 2.59. The highest BCUT2D eigenvalue weighted by Crippen LogP contribution is 2.25. The van der Waals surface area contributed by atoms with Gasteiger partial charge in [0.2, 0.25) is 0 Å². The summed E-state index contributed by atoms with van der Waals surface area (Å²) in [6.07, 6.45) is 2.55. The van der Waals surface area contributed by atoms with E-state index in [1.165, 1.54) is 0 Å². The average molecular weight is 311 g/mol. The number of benzene rings is 1. The summed E-state index contributed by atoms with van der Waals surface area (Å²) in [6, 6.07) is 4.87. The van der Waals surface area contributed by atoms with Crippen LogP contribution in [0.1, 0.15) is 31.2 Å². The van der Waals surface area contributed by atoms with Crippen LogP contribution in [0.25, 0.3) is 0 Å². The predicted octanol–water partition coefficient (Wildman–Crippen LogP) is 3.51. The maximum atomic E-state index is 12.4. The second-order valence-electron chi connectivity index (χ2n) is 5.35. The predicted molar refractivity (Wildman–Crippen MR) is 81.8 cm³/mol. The Kier molecular flexibility index (Phi) is 5.07. The van der Waals surface area contributed by atoms with Gasteiger partial charge in [0.1, 0.15) is 0 Å². The number of amides is 2. The fourth-order valence-corrected chi connectivity index (χ4v) is 2.87. The third kappa shape index (κ3) is 4.11. The zero-order valence-electron chi connectivity index (χ0n) is 11.9. The lowest BCUT2D eigenvalue weighted by atomic mass is 10.00. The molecular formula is C15H19ClN2O3. The highest BCUT2D eigenvalue weighted by molar-refractivity contribution is 6.33. The summed E-state index contributed by atoms with van der Waals surface area (Å²) in [6.45, 7) is 2.50. The number of hydrogen-bond donors (Lipinski definition) is 2. The van der Waals surface area contributed by atoms with Crippen molar-refractivity contribution in [2.75, 3.05) is 11.9 Å². The Morgan fingerprint density at radius 3 is 2.86 bits per heavy atom. The number of rotatable bonds is 3. The molecule has 1 saturated heterocycles. The van der Waals surface area contributed by atoms with E-state index < -0.39 is 5.97 Å². The number of hydrogen-bond acceptors (Lipinski definition) is 2. The van der Waals surface area contributed by atoms with E-state index >= 15 is 0 Å². The average Bonchev–Trinajstić information content (AvgIpc) is 2.42. The highest BCUT2D eigenvalue weighted by atomic mass is 35.5. The second kappa shape index (κ2) is 6.80. The number of nitrogens with one attached hydrogen (secondary N) is 1. The Bertz CT molecular complexity index is 548. The molecule has 5 nitrogen and oxygen atoms in total. The third-order valence-electron chi connectivity index (χ3n) is 3.66. The molecule has 6 heteroatoms. The minimum Gasteiger partial charge on any atom is -0.481 e. The number of piperidine rings is 1. The Hall–Kier alpha value is -1.75. The van der Waals surface area contributed by atoms with Crippen molar-refractivity contribution in [1.82, 2.24) is 4.90 Å². The number of carbonyl (C=O) groups excluding carboxylic acids is 1. The van der Waals surface area contributed by atoms with E-state index in [-0.39, 0.29) is 18.5 Å². The van der Waals surface area contributed by atoms with Crippen LogP contribution in [0, 0.1) is 6.92 Å². The number of aryl methyl sites for hydroxylation is 1. The zero-order valence-corrected chi connectivity index (χ0v) is 12.7. The second-order valence-corrected chi connectivity index (χ2v) is 5.76. The molecule has 1 aliphatic heterocycles. The van der Waals surface area contributed by atoms with E-state index in [1.807, 2.05) is 13.0 Å². The van der Waals surface area contributed by atoms with Gasteiger partial charge in [0, 0.05) is 12.6 Å². The molecule has 0 radical (unpaired) electrons. The highest BCUT2D eigenvalue weighted by Gasteiger charge is 2.28. The van der Waals surface area contributed by atoms with Crippen molar-refractivity contribution in [3.63, 3.8) is 0 Å². The first kappa shape index (κ1) is 15.6. The molecule has 1 atom stereocenters. The van der Waals surface area contributed by atoms with Crippen LogP contribution in [0.2, 0.25) is 5.02 Å². The van der Waals surface area contributed by atoms with Crippen molar-refractivity contribution in [3.8, 4) is 0 Å². The van der Waals surface area contributed by atoms with Crippen molar-refractivity contribution >= 4 is 29.3 Å². The first-order valence-electron chi connectivity index (χ1n) is 7.03. The van der Waals surface area contributed by atoms with Crippen LogP contribution in [0.3, 0.4) is 0 Å². The summed E-state index contributed by atoms with van der Waals surface area (Å²) >= 11 is 6.11. The molecule has 2 amide bonds. The van der Waals surface area contributed by atoms with E-state index in [2.05, 4.69) is 5.32 Å². The van der Waals surface area contributed by atoms with Crippen LogP contribution < -0.4 is 5.32 Å². The maximum Gasteiger partial charge on any atom is 0.322 e. The SMILES string of the molecule is Cc1ccc(NC(=O)N2CCCCC2CC(=O)O)c(Cl)c1. The quantitative estimate of drug-likeness (QED) is 0.897. The number of halogens is 1. The number of anilines is 1. The number of carboxylic acid groups (broad SMARTS) is 1. The molecule has 1 aliphatic rings. The van der Waals surface area contributed by atoms with Gasteiger partial charge in [0.25, 0.3) is 0 Å². The standard InChI is InChI=1S/C15H19ClN2O3/c1-10-5-6-13(12(16)8-10)17-15(21)18-7-3-2-4-11(18)9-14(19)20/h5-6,8,11H,2-4,7,9H2,1H3,(H,17,21)(H,19,20). The normalized spacial score (nSPS) is 18.4. The third-order valence-corrected chi connectivity index (χ3v) is 3.98. The number of aliphatic carboxylic acids is 1. The summed E-state index contributed by atoms with van der Waals surface area (Å²) in [4.78, 5) is 24.9. The summed E-state index contributed by atoms with van der Waals surface area (Å²) < 4.78 is 0. The summed E-state index contributed by atoms with van der Waals surface area (Å²) in [7, 11) is 0. The Morgan fingerprint density at radius 2 is 2.19 bits per heavy atom. The monoisotopic (exact) mass is 310 g/mol. The van der Waals surface area contributed by atoms with Gasteiger partial charge in [-0.1, -0.05) is 17.7 Å². The molecule has 114 valence electrons. The van der Waals surface area contributed by atoms with Crippen LogP contribution in [-0.4, -0.2) is 34.6 Å². The van der Waals surface area contributed by atoms with Gasteiger partial charge in [-0.15, -0.1) is 0 Å². The van der Waals surface area contributed by atoms with Crippen LogP contribution in [-0.2, 0) is 4.79 Å². The van der Waals surface area contributed by atoms with Crippen molar-refractivity contribution < 1.29 is 14.7 Å². The Balaban J connectivity index is 2.08. The molecular weight excluding hydrogens is 292 g/mol. The van der Waals surface area contributed by atoms with Gasteiger partial charge < -0.3 is 15.3 Å². The van der Waals surface area contributed by atoms with Crippen LogP contribution >= 0.6 is 11.6 Å². The number of carbonyl (C=O) groups is 2. The van der Waals surface area contributed by atoms with E-state index in [4.69, 9.17) is 16.7 Å². The van der Waals surface area contributed by atoms with Crippen LogP contribution in [0.4, 0.5) is 10.5 Å². The van der Waals surface area contributed by atoms with E-state index in [1.54, 1.807) is 17.0 Å². The van der Waals surface area contributed by atoms with Gasteiger partial charge in [-0.2, -0.15) is 0 Å². The van der Waals surface area contributed by atoms with Gasteiger partial charge in [-0.25, -0.2) is 4.79 Å². The maximum absolute atomic E-state index is 12.4. The molecule has 1 unspecified atom stereocenters. The topological polar surface area (TPSA) is 69.6 Å². The smallest absolute Gasteiger partial charge is 0.322 e. The molecule has 0 saturated carbocycles. The zero-order chi connectivity index (χ0) is 15.4. The van der Waals surface area contributed by atoms with Gasteiger partial charge in [-0.3, -0.25) is 4.79 Å². The Labute approximate surface area is 128 Å². The minimum atomic E-state index is -0.881. The fraction of sp³-hybridized carbons (Fsp3) is 0.467. The van der Waals surface area contributed by atoms with Crippen LogP contribution in [0.5, 0.6) is 0 Å². The molecule has 0 aliphatic carbocycles. The van der Waals surface area contributed by atoms with E-state index in [9.17, 15) is 9.59 Å². The van der Waals surface area contributed by atoms with Gasteiger partial charge in [-0.05, 0) is 43.9 Å².